The smallest absolute Gasteiger partial charge is 0.345 e. The van der Waals surface area contributed by atoms with Gasteiger partial charge in [-0.15, -0.1) is 0 Å². The fourth-order valence-corrected chi connectivity index (χ4v) is 2.25. The standard InChI is InChI=1S/C16H30O4/c1-3-4-5-6-7-8-9-10-11-12-13-15(16(18)19)20-14(2)17/h15H,3-13H2,1-2H3,(H,18,19)/t15-/m1/s1. The van der Waals surface area contributed by atoms with E-state index in [1.807, 2.05) is 0 Å². The molecular weight excluding hydrogens is 256 g/mol. The lowest BCUT2D eigenvalue weighted by Gasteiger charge is -2.11. The molecule has 0 aliphatic carbocycles. The van der Waals surface area contributed by atoms with Gasteiger partial charge in [-0.1, -0.05) is 64.7 Å². The third-order valence-electron chi connectivity index (χ3n) is 3.40. The van der Waals surface area contributed by atoms with E-state index in [1.165, 1.54) is 51.9 Å². The molecule has 0 fully saturated rings. The van der Waals surface area contributed by atoms with E-state index in [-0.39, 0.29) is 0 Å². The number of esters is 1. The van der Waals surface area contributed by atoms with Crippen molar-refractivity contribution >= 4 is 11.9 Å². The van der Waals surface area contributed by atoms with Crippen LogP contribution in [0, 0.1) is 0 Å². The Labute approximate surface area is 122 Å². The predicted octanol–water partition coefficient (Wildman–Crippen LogP) is 4.31. The molecule has 0 aromatic carbocycles. The first kappa shape index (κ1) is 18.9. The molecule has 1 atom stereocenters. The highest BCUT2D eigenvalue weighted by atomic mass is 16.6. The second kappa shape index (κ2) is 12.9. The van der Waals surface area contributed by atoms with E-state index in [2.05, 4.69) is 6.92 Å². The van der Waals surface area contributed by atoms with Crippen LogP contribution in [0.4, 0.5) is 0 Å². The Bertz CT molecular complexity index is 263. The summed E-state index contributed by atoms with van der Waals surface area (Å²) in [5.41, 5.74) is 0. The van der Waals surface area contributed by atoms with Crippen molar-refractivity contribution in [2.24, 2.45) is 0 Å². The van der Waals surface area contributed by atoms with Crippen molar-refractivity contribution in [2.45, 2.75) is 90.6 Å². The monoisotopic (exact) mass is 286 g/mol. The minimum atomic E-state index is -1.05. The second-order valence-corrected chi connectivity index (χ2v) is 5.41. The summed E-state index contributed by atoms with van der Waals surface area (Å²) in [7, 11) is 0. The zero-order valence-corrected chi connectivity index (χ0v) is 13.0. The number of rotatable bonds is 13. The second-order valence-electron chi connectivity index (χ2n) is 5.41. The van der Waals surface area contributed by atoms with Crippen LogP contribution >= 0.6 is 0 Å². The van der Waals surface area contributed by atoms with Crippen molar-refractivity contribution in [3.63, 3.8) is 0 Å². The normalized spacial score (nSPS) is 12.1. The first-order valence-corrected chi connectivity index (χ1v) is 7.98. The van der Waals surface area contributed by atoms with Crippen molar-refractivity contribution in [3.05, 3.63) is 0 Å². The Kier molecular flexibility index (Phi) is 12.3. The number of hydrogen-bond donors (Lipinski definition) is 1. The molecule has 0 aliphatic rings. The Hall–Kier alpha value is -1.06. The molecule has 0 amide bonds. The van der Waals surface area contributed by atoms with E-state index in [0.29, 0.717) is 6.42 Å². The Morgan fingerprint density at radius 1 is 0.900 bits per heavy atom. The van der Waals surface area contributed by atoms with Crippen LogP contribution in [0.3, 0.4) is 0 Å². The highest BCUT2D eigenvalue weighted by molar-refractivity contribution is 5.76. The van der Waals surface area contributed by atoms with Crippen LogP contribution in [0.2, 0.25) is 0 Å². The molecule has 4 heteroatoms. The molecular formula is C16H30O4. The molecule has 0 radical (unpaired) electrons. The number of carbonyl (C=O) groups excluding carboxylic acids is 1. The summed E-state index contributed by atoms with van der Waals surface area (Å²) in [5, 5.41) is 8.89. The Morgan fingerprint density at radius 2 is 1.35 bits per heavy atom. The SMILES string of the molecule is CCCCCCCCCCCC[C@@H](OC(C)=O)C(=O)O. The van der Waals surface area contributed by atoms with Crippen LogP contribution in [0.25, 0.3) is 0 Å². The average Bonchev–Trinajstić information content (AvgIpc) is 2.39. The van der Waals surface area contributed by atoms with Crippen molar-refractivity contribution in [1.82, 2.24) is 0 Å². The number of hydrogen-bond acceptors (Lipinski definition) is 3. The molecule has 118 valence electrons. The third-order valence-corrected chi connectivity index (χ3v) is 3.40. The van der Waals surface area contributed by atoms with Crippen molar-refractivity contribution < 1.29 is 19.4 Å². The summed E-state index contributed by atoms with van der Waals surface area (Å²) in [6.45, 7) is 3.47. The zero-order chi connectivity index (χ0) is 15.2. The van der Waals surface area contributed by atoms with Crippen LogP contribution in [0.15, 0.2) is 0 Å². The minimum absolute atomic E-state index is 0.422. The molecule has 0 aromatic rings. The van der Waals surface area contributed by atoms with Gasteiger partial charge in [0.2, 0.25) is 0 Å². The van der Waals surface area contributed by atoms with E-state index < -0.39 is 18.0 Å². The Balaban J connectivity index is 3.41. The first-order chi connectivity index (χ1) is 9.57. The molecule has 0 unspecified atom stereocenters. The highest BCUT2D eigenvalue weighted by Gasteiger charge is 2.19. The first-order valence-electron chi connectivity index (χ1n) is 7.98. The molecule has 1 N–H and O–H groups in total. The summed E-state index contributed by atoms with van der Waals surface area (Å²) < 4.78 is 4.76. The van der Waals surface area contributed by atoms with Gasteiger partial charge in [0, 0.05) is 6.92 Å². The minimum Gasteiger partial charge on any atom is -0.479 e. The molecule has 0 heterocycles. The number of carbonyl (C=O) groups is 2. The topological polar surface area (TPSA) is 63.6 Å². The predicted molar refractivity (Wildman–Crippen MR) is 79.7 cm³/mol. The lowest BCUT2D eigenvalue weighted by atomic mass is 10.0. The molecule has 0 bridgehead atoms. The Morgan fingerprint density at radius 3 is 1.75 bits per heavy atom. The number of aliphatic carboxylic acids is 1. The fourth-order valence-electron chi connectivity index (χ4n) is 2.25. The van der Waals surface area contributed by atoms with Crippen LogP contribution < -0.4 is 0 Å². The molecule has 0 spiro atoms. The van der Waals surface area contributed by atoms with Gasteiger partial charge in [0.05, 0.1) is 0 Å². The summed E-state index contributed by atoms with van der Waals surface area (Å²) in [5.74, 6) is -1.57. The summed E-state index contributed by atoms with van der Waals surface area (Å²) >= 11 is 0. The van der Waals surface area contributed by atoms with Crippen molar-refractivity contribution in [2.75, 3.05) is 0 Å². The van der Waals surface area contributed by atoms with Crippen LogP contribution in [-0.2, 0) is 14.3 Å². The molecule has 0 aliphatic heterocycles. The maximum atomic E-state index is 10.8. The van der Waals surface area contributed by atoms with Crippen LogP contribution in [0.1, 0.15) is 84.5 Å². The van der Waals surface area contributed by atoms with E-state index >= 15 is 0 Å². The number of carboxylic acids is 1. The summed E-state index contributed by atoms with van der Waals surface area (Å²) in [6, 6.07) is 0. The number of ether oxygens (including phenoxy) is 1. The number of unbranched alkanes of at least 4 members (excludes halogenated alkanes) is 9. The number of carboxylic acid groups (broad SMARTS) is 1. The van der Waals surface area contributed by atoms with Gasteiger partial charge in [0.1, 0.15) is 0 Å². The van der Waals surface area contributed by atoms with Gasteiger partial charge < -0.3 is 9.84 Å². The molecule has 0 aromatic heterocycles. The van der Waals surface area contributed by atoms with E-state index in [0.717, 1.165) is 19.3 Å². The zero-order valence-electron chi connectivity index (χ0n) is 13.0. The highest BCUT2D eigenvalue weighted by Crippen LogP contribution is 2.13. The third kappa shape index (κ3) is 12.0. The van der Waals surface area contributed by atoms with Crippen molar-refractivity contribution in [1.29, 1.82) is 0 Å². The molecule has 0 saturated carbocycles. The molecule has 0 rings (SSSR count). The van der Waals surface area contributed by atoms with E-state index in [1.54, 1.807) is 0 Å². The van der Waals surface area contributed by atoms with E-state index in [4.69, 9.17) is 9.84 Å². The maximum Gasteiger partial charge on any atom is 0.345 e. The van der Waals surface area contributed by atoms with Gasteiger partial charge in [0.25, 0.3) is 0 Å². The summed E-state index contributed by atoms with van der Waals surface area (Å²) in [6.07, 6.45) is 11.5. The fraction of sp³-hybridized carbons (Fsp3) is 0.875. The van der Waals surface area contributed by atoms with Gasteiger partial charge in [-0.3, -0.25) is 4.79 Å². The van der Waals surface area contributed by atoms with Gasteiger partial charge in [-0.25, -0.2) is 4.79 Å². The van der Waals surface area contributed by atoms with Gasteiger partial charge in [-0.2, -0.15) is 0 Å². The van der Waals surface area contributed by atoms with E-state index in [9.17, 15) is 9.59 Å². The maximum absolute atomic E-state index is 10.8. The molecule has 4 nitrogen and oxygen atoms in total. The largest absolute Gasteiger partial charge is 0.479 e. The van der Waals surface area contributed by atoms with Gasteiger partial charge >= 0.3 is 11.9 Å². The van der Waals surface area contributed by atoms with Crippen LogP contribution in [0.5, 0.6) is 0 Å². The van der Waals surface area contributed by atoms with Gasteiger partial charge in [0.15, 0.2) is 6.10 Å². The lowest BCUT2D eigenvalue weighted by Crippen LogP contribution is -2.25. The average molecular weight is 286 g/mol. The quantitative estimate of drug-likeness (QED) is 0.404. The van der Waals surface area contributed by atoms with Gasteiger partial charge in [-0.05, 0) is 12.8 Å². The van der Waals surface area contributed by atoms with Crippen molar-refractivity contribution in [3.8, 4) is 0 Å². The molecule has 20 heavy (non-hydrogen) atoms. The summed E-state index contributed by atoms with van der Waals surface area (Å²) in [4.78, 5) is 21.6. The van der Waals surface area contributed by atoms with Crippen LogP contribution in [-0.4, -0.2) is 23.1 Å². The lowest BCUT2D eigenvalue weighted by molar-refractivity contribution is -0.163. The molecule has 0 saturated heterocycles.